The van der Waals surface area contributed by atoms with Gasteiger partial charge in [-0.15, -0.1) is 0 Å². The Bertz CT molecular complexity index is 1860. The van der Waals surface area contributed by atoms with Crippen LogP contribution in [0.25, 0.3) is 32.8 Å². The number of methoxy groups -OCH3 is 2. The van der Waals surface area contributed by atoms with Crippen molar-refractivity contribution in [3.8, 4) is 17.2 Å². The Morgan fingerprint density at radius 3 is 2.52 bits per heavy atom. The fourth-order valence-electron chi connectivity index (χ4n) is 4.41. The van der Waals surface area contributed by atoms with Crippen LogP contribution in [0, 0.1) is 0 Å². The van der Waals surface area contributed by atoms with Crippen LogP contribution >= 0.6 is 0 Å². The van der Waals surface area contributed by atoms with E-state index in [0.717, 1.165) is 22.4 Å². The lowest BCUT2D eigenvalue weighted by Gasteiger charge is -2.16. The predicted octanol–water partition coefficient (Wildman–Crippen LogP) is 4.97. The lowest BCUT2D eigenvalue weighted by Crippen LogP contribution is -2.21. The van der Waals surface area contributed by atoms with Crippen LogP contribution in [0.15, 0.2) is 89.0 Å². The predicted molar refractivity (Wildman–Crippen MR) is 148 cm³/mol. The van der Waals surface area contributed by atoms with Gasteiger partial charge in [-0.1, -0.05) is 18.2 Å². The normalized spacial score (nSPS) is 13.4. The first-order valence-corrected chi connectivity index (χ1v) is 12.4. The number of aromatic nitrogens is 2. The molecule has 0 spiro atoms. The van der Waals surface area contributed by atoms with Crippen molar-refractivity contribution < 1.29 is 33.0 Å². The first-order valence-electron chi connectivity index (χ1n) is 12.4. The SMILES string of the molecule is COCCOc1cc2ncnc(NC3=CC(=O)C(Oc4ccc5oc6ccccc6c5c4)=CC3=O)c2cc1OC. The molecule has 0 fully saturated rings. The molecular weight excluding hydrogens is 514 g/mol. The average molecular weight is 538 g/mol. The smallest absolute Gasteiger partial charge is 0.223 e. The van der Waals surface area contributed by atoms with Gasteiger partial charge in [-0.05, 0) is 30.3 Å². The third kappa shape index (κ3) is 4.72. The molecule has 10 nitrogen and oxygen atoms in total. The second-order valence-corrected chi connectivity index (χ2v) is 8.86. The Balaban J connectivity index is 1.23. The number of carbonyl (C=O) groups excluding carboxylic acids is 2. The van der Waals surface area contributed by atoms with Gasteiger partial charge in [0.2, 0.25) is 11.6 Å². The third-order valence-corrected chi connectivity index (χ3v) is 6.34. The molecule has 0 saturated heterocycles. The topological polar surface area (TPSA) is 122 Å². The maximum Gasteiger partial charge on any atom is 0.223 e. The monoisotopic (exact) mass is 537 g/mol. The lowest BCUT2D eigenvalue weighted by molar-refractivity contribution is -0.116. The summed E-state index contributed by atoms with van der Waals surface area (Å²) >= 11 is 0. The maximum atomic E-state index is 13.0. The molecule has 2 aromatic heterocycles. The molecule has 0 bridgehead atoms. The van der Waals surface area contributed by atoms with Crippen molar-refractivity contribution in [1.82, 2.24) is 9.97 Å². The summed E-state index contributed by atoms with van der Waals surface area (Å²) in [5, 5.41) is 5.31. The minimum Gasteiger partial charge on any atom is -0.493 e. The maximum absolute atomic E-state index is 13.0. The number of nitrogens with zero attached hydrogens (tertiary/aromatic N) is 2. The molecule has 0 aliphatic heterocycles. The number of allylic oxidation sites excluding steroid dienone is 2. The first kappa shape index (κ1) is 25.1. The zero-order chi connectivity index (χ0) is 27.6. The number of anilines is 1. The Morgan fingerprint density at radius 1 is 0.825 bits per heavy atom. The van der Waals surface area contributed by atoms with E-state index in [9.17, 15) is 9.59 Å². The molecule has 1 N–H and O–H groups in total. The van der Waals surface area contributed by atoms with E-state index >= 15 is 0 Å². The van der Waals surface area contributed by atoms with Crippen LogP contribution in [-0.2, 0) is 14.3 Å². The molecule has 6 rings (SSSR count). The molecule has 40 heavy (non-hydrogen) atoms. The number of carbonyl (C=O) groups is 2. The average Bonchev–Trinajstić information content (AvgIpc) is 3.33. The van der Waals surface area contributed by atoms with Crippen molar-refractivity contribution in [2.75, 3.05) is 32.8 Å². The van der Waals surface area contributed by atoms with E-state index in [-0.39, 0.29) is 11.5 Å². The molecule has 2 heterocycles. The van der Waals surface area contributed by atoms with Crippen LogP contribution in [0.2, 0.25) is 0 Å². The summed E-state index contributed by atoms with van der Waals surface area (Å²) in [7, 11) is 3.11. The second kappa shape index (κ2) is 10.5. The molecule has 0 radical (unpaired) electrons. The molecule has 0 saturated carbocycles. The summed E-state index contributed by atoms with van der Waals surface area (Å²) in [6.45, 7) is 0.747. The van der Waals surface area contributed by atoms with Crippen LogP contribution < -0.4 is 19.5 Å². The molecule has 3 aromatic carbocycles. The Labute approximate surface area is 227 Å². The van der Waals surface area contributed by atoms with Crippen LogP contribution in [0.5, 0.6) is 17.2 Å². The van der Waals surface area contributed by atoms with Gasteiger partial charge in [-0.3, -0.25) is 9.59 Å². The highest BCUT2D eigenvalue weighted by Crippen LogP contribution is 2.35. The molecule has 0 amide bonds. The molecule has 10 heteroatoms. The van der Waals surface area contributed by atoms with Gasteiger partial charge < -0.3 is 28.7 Å². The van der Waals surface area contributed by atoms with E-state index in [1.165, 1.54) is 19.5 Å². The van der Waals surface area contributed by atoms with Crippen LogP contribution in [0.1, 0.15) is 0 Å². The van der Waals surface area contributed by atoms with Crippen molar-refractivity contribution in [1.29, 1.82) is 0 Å². The summed E-state index contributed by atoms with van der Waals surface area (Å²) in [5.74, 6) is 0.690. The van der Waals surface area contributed by atoms with Crippen LogP contribution in [0.4, 0.5) is 5.82 Å². The highest BCUT2D eigenvalue weighted by molar-refractivity contribution is 6.20. The van der Waals surface area contributed by atoms with Crippen LogP contribution in [0.3, 0.4) is 0 Å². The summed E-state index contributed by atoms with van der Waals surface area (Å²) < 4.78 is 27.9. The van der Waals surface area contributed by atoms with Gasteiger partial charge in [0.1, 0.15) is 35.7 Å². The highest BCUT2D eigenvalue weighted by atomic mass is 16.5. The van der Waals surface area contributed by atoms with Gasteiger partial charge in [-0.25, -0.2) is 9.97 Å². The Kier molecular flexibility index (Phi) is 6.59. The number of hydrogen-bond donors (Lipinski definition) is 1. The molecule has 0 atom stereocenters. The van der Waals surface area contributed by atoms with Crippen molar-refractivity contribution in [2.45, 2.75) is 0 Å². The number of benzene rings is 3. The van der Waals surface area contributed by atoms with E-state index in [1.807, 2.05) is 24.3 Å². The molecule has 1 aliphatic carbocycles. The quantitative estimate of drug-likeness (QED) is 0.204. The van der Waals surface area contributed by atoms with Gasteiger partial charge >= 0.3 is 0 Å². The molecule has 0 unspecified atom stereocenters. The van der Waals surface area contributed by atoms with E-state index in [0.29, 0.717) is 52.8 Å². The van der Waals surface area contributed by atoms with Gasteiger partial charge in [-0.2, -0.15) is 0 Å². The lowest BCUT2D eigenvalue weighted by atomic mass is 10.1. The minimum atomic E-state index is -0.468. The number of hydrogen-bond acceptors (Lipinski definition) is 10. The highest BCUT2D eigenvalue weighted by Gasteiger charge is 2.24. The summed E-state index contributed by atoms with van der Waals surface area (Å²) in [6.07, 6.45) is 3.71. The third-order valence-electron chi connectivity index (χ3n) is 6.34. The van der Waals surface area contributed by atoms with Crippen LogP contribution in [-0.4, -0.2) is 49.0 Å². The first-order chi connectivity index (χ1) is 19.5. The van der Waals surface area contributed by atoms with Gasteiger partial charge in [0.05, 0.1) is 24.9 Å². The summed E-state index contributed by atoms with van der Waals surface area (Å²) in [4.78, 5) is 34.5. The fourth-order valence-corrected chi connectivity index (χ4v) is 4.41. The number of nitrogens with one attached hydrogen (secondary N) is 1. The van der Waals surface area contributed by atoms with Gasteiger partial charge in [0.15, 0.2) is 17.3 Å². The van der Waals surface area contributed by atoms with Crippen molar-refractivity contribution in [3.63, 3.8) is 0 Å². The number of ketones is 2. The van der Waals surface area contributed by atoms with Crippen molar-refractivity contribution in [3.05, 3.63) is 84.5 Å². The van der Waals surface area contributed by atoms with Gasteiger partial charge in [0.25, 0.3) is 0 Å². The zero-order valence-corrected chi connectivity index (χ0v) is 21.6. The van der Waals surface area contributed by atoms with E-state index in [2.05, 4.69) is 15.3 Å². The number of ether oxygens (including phenoxy) is 4. The summed E-state index contributed by atoms with van der Waals surface area (Å²) in [5.41, 5.74) is 2.05. The fraction of sp³-hybridized carbons (Fsp3) is 0.133. The number of rotatable bonds is 9. The Morgan fingerprint density at radius 2 is 1.68 bits per heavy atom. The minimum absolute atomic E-state index is 0.0491. The largest absolute Gasteiger partial charge is 0.493 e. The molecule has 5 aromatic rings. The van der Waals surface area contributed by atoms with Crippen molar-refractivity contribution in [2.24, 2.45) is 0 Å². The second-order valence-electron chi connectivity index (χ2n) is 8.86. The summed E-state index contributed by atoms with van der Waals surface area (Å²) in [6, 6.07) is 16.3. The zero-order valence-electron chi connectivity index (χ0n) is 21.6. The molecular formula is C30H23N3O7. The van der Waals surface area contributed by atoms with E-state index in [1.54, 1.807) is 37.4 Å². The molecule has 1 aliphatic rings. The van der Waals surface area contributed by atoms with Crippen molar-refractivity contribution >= 4 is 50.2 Å². The molecule has 200 valence electrons. The number of fused-ring (bicyclic) bond motifs is 4. The Hall–Kier alpha value is -5.22. The number of para-hydroxylation sites is 1. The van der Waals surface area contributed by atoms with E-state index in [4.69, 9.17) is 23.4 Å². The number of furan rings is 1. The standard InChI is InChI=1S/C30H23N3O7/c1-36-9-10-38-29-14-21-20(12-28(29)37-2)30(32-16-31-21)33-22-13-24(35)27(15-23(22)34)39-17-7-8-26-19(11-17)18-5-3-4-6-25(18)40-26/h3-8,11-16H,9-10H2,1-2H3,(H,31,32,33). The van der Waals surface area contributed by atoms with E-state index < -0.39 is 11.6 Å². The van der Waals surface area contributed by atoms with Gasteiger partial charge in [0, 0.05) is 41.5 Å².